The first-order valence-electron chi connectivity index (χ1n) is 9.34. The lowest BCUT2D eigenvalue weighted by Gasteiger charge is -2.10. The van der Waals surface area contributed by atoms with Crippen LogP contribution in [0.2, 0.25) is 5.02 Å². The lowest BCUT2D eigenvalue weighted by molar-refractivity contribution is -0.139. The minimum Gasteiger partial charge on any atom is -0.479 e. The minimum atomic E-state index is -3.38. The van der Waals surface area contributed by atoms with Crippen molar-refractivity contribution < 1.29 is 33.0 Å². The van der Waals surface area contributed by atoms with Crippen LogP contribution in [0.1, 0.15) is 15.2 Å². The SMILES string of the molecule is CS(=O)(=O)Nc1cccc(CNc2cccc(-c3sc(C(=O)O)c(OCC(=O)O)c3Cl)c2)c1. The number of aromatic carboxylic acids is 1. The van der Waals surface area contributed by atoms with E-state index in [1.54, 1.807) is 36.4 Å². The van der Waals surface area contributed by atoms with Crippen molar-refractivity contribution in [3.63, 3.8) is 0 Å². The number of carboxylic acid groups (broad SMARTS) is 2. The van der Waals surface area contributed by atoms with E-state index < -0.39 is 28.6 Å². The van der Waals surface area contributed by atoms with Gasteiger partial charge in [0, 0.05) is 17.9 Å². The van der Waals surface area contributed by atoms with Gasteiger partial charge in [-0.25, -0.2) is 18.0 Å². The number of nitrogens with one attached hydrogen (secondary N) is 2. The molecular weight excluding hydrogens is 492 g/mol. The summed E-state index contributed by atoms with van der Waals surface area (Å²) in [6.07, 6.45) is 1.08. The summed E-state index contributed by atoms with van der Waals surface area (Å²) in [6, 6.07) is 14.0. The molecule has 33 heavy (non-hydrogen) atoms. The zero-order valence-electron chi connectivity index (χ0n) is 17.2. The molecule has 0 atom stereocenters. The van der Waals surface area contributed by atoms with Crippen LogP contribution in [-0.4, -0.2) is 43.4 Å². The monoisotopic (exact) mass is 510 g/mol. The number of sulfonamides is 1. The Morgan fingerprint density at radius 1 is 1.09 bits per heavy atom. The normalized spacial score (nSPS) is 11.1. The number of aliphatic carboxylic acids is 1. The van der Waals surface area contributed by atoms with Gasteiger partial charge < -0.3 is 20.3 Å². The van der Waals surface area contributed by atoms with Gasteiger partial charge >= 0.3 is 11.9 Å². The highest BCUT2D eigenvalue weighted by Crippen LogP contribution is 2.45. The summed E-state index contributed by atoms with van der Waals surface area (Å²) < 4.78 is 30.4. The average Bonchev–Trinajstić information content (AvgIpc) is 3.06. The number of hydrogen-bond donors (Lipinski definition) is 4. The highest BCUT2D eigenvalue weighted by atomic mass is 35.5. The molecule has 0 spiro atoms. The number of ether oxygens (including phenoxy) is 1. The van der Waals surface area contributed by atoms with E-state index in [4.69, 9.17) is 21.4 Å². The number of anilines is 2. The van der Waals surface area contributed by atoms with Gasteiger partial charge in [0.25, 0.3) is 0 Å². The predicted molar refractivity (Wildman–Crippen MR) is 127 cm³/mol. The van der Waals surface area contributed by atoms with Crippen LogP contribution in [0.5, 0.6) is 5.75 Å². The first-order chi connectivity index (χ1) is 15.5. The molecule has 174 valence electrons. The second-order valence-corrected chi connectivity index (χ2v) is 10.0. The molecule has 0 aliphatic heterocycles. The van der Waals surface area contributed by atoms with Crippen LogP contribution >= 0.6 is 22.9 Å². The molecule has 0 bridgehead atoms. The summed E-state index contributed by atoms with van der Waals surface area (Å²) in [5.41, 5.74) is 2.62. The molecule has 0 radical (unpaired) electrons. The van der Waals surface area contributed by atoms with E-state index in [-0.39, 0.29) is 15.6 Å². The molecule has 12 heteroatoms. The quantitative estimate of drug-likeness (QED) is 0.317. The fourth-order valence-electron chi connectivity index (χ4n) is 2.92. The van der Waals surface area contributed by atoms with E-state index in [2.05, 4.69) is 10.0 Å². The van der Waals surface area contributed by atoms with Gasteiger partial charge in [-0.05, 0) is 35.4 Å². The maximum atomic E-state index is 11.6. The molecule has 0 saturated heterocycles. The molecule has 0 saturated carbocycles. The maximum absolute atomic E-state index is 11.6. The van der Waals surface area contributed by atoms with Gasteiger partial charge in [-0.15, -0.1) is 11.3 Å². The highest BCUT2D eigenvalue weighted by molar-refractivity contribution is 7.92. The van der Waals surface area contributed by atoms with Crippen LogP contribution in [0.25, 0.3) is 10.4 Å². The van der Waals surface area contributed by atoms with Gasteiger partial charge in [0.1, 0.15) is 5.02 Å². The molecule has 0 amide bonds. The highest BCUT2D eigenvalue weighted by Gasteiger charge is 2.24. The lowest BCUT2D eigenvalue weighted by Crippen LogP contribution is -2.10. The third kappa shape index (κ3) is 6.60. The number of halogens is 1. The van der Waals surface area contributed by atoms with E-state index in [0.717, 1.165) is 23.2 Å². The molecule has 0 aliphatic carbocycles. The van der Waals surface area contributed by atoms with Crippen LogP contribution in [0.15, 0.2) is 48.5 Å². The van der Waals surface area contributed by atoms with E-state index in [0.29, 0.717) is 28.4 Å². The largest absolute Gasteiger partial charge is 0.479 e. The summed E-state index contributed by atoms with van der Waals surface area (Å²) in [6.45, 7) is -0.320. The van der Waals surface area contributed by atoms with Gasteiger partial charge in [-0.3, -0.25) is 4.72 Å². The van der Waals surface area contributed by atoms with Crippen LogP contribution < -0.4 is 14.8 Å². The molecule has 1 heterocycles. The van der Waals surface area contributed by atoms with Crippen molar-refractivity contribution in [3.05, 3.63) is 64.0 Å². The third-order valence-electron chi connectivity index (χ3n) is 4.19. The average molecular weight is 511 g/mol. The van der Waals surface area contributed by atoms with Crippen molar-refractivity contribution in [2.75, 3.05) is 22.9 Å². The standard InChI is InChI=1S/C21H19ClN2O7S2/c1-33(29,30)24-15-7-2-4-12(8-15)10-23-14-6-3-5-13(9-14)19-17(22)18(31-11-16(25)26)20(32-19)21(27)28/h2-9,23-24H,10-11H2,1H3,(H,25,26)(H,27,28). The Labute approximate surface area is 198 Å². The number of rotatable bonds is 10. The fraction of sp³-hybridized carbons (Fsp3) is 0.143. The minimum absolute atomic E-state index is 0.0235. The predicted octanol–water partition coefficient (Wildman–Crippen LogP) is 4.21. The second kappa shape index (κ2) is 10.1. The van der Waals surface area contributed by atoms with Gasteiger partial charge in [0.05, 0.1) is 11.1 Å². The number of carboxylic acids is 2. The molecular formula is C21H19ClN2O7S2. The van der Waals surface area contributed by atoms with E-state index in [9.17, 15) is 23.1 Å². The summed E-state index contributed by atoms with van der Waals surface area (Å²) in [5, 5.41) is 21.5. The van der Waals surface area contributed by atoms with Crippen LogP contribution in [0.3, 0.4) is 0 Å². The Morgan fingerprint density at radius 3 is 2.45 bits per heavy atom. The van der Waals surface area contributed by atoms with Crippen LogP contribution in [-0.2, 0) is 21.4 Å². The Balaban J connectivity index is 1.82. The van der Waals surface area contributed by atoms with Gasteiger partial charge in [0.15, 0.2) is 17.2 Å². The summed E-state index contributed by atoms with van der Waals surface area (Å²) in [4.78, 5) is 22.6. The first kappa shape index (κ1) is 24.4. The molecule has 4 N–H and O–H groups in total. The Morgan fingerprint density at radius 2 is 1.79 bits per heavy atom. The second-order valence-electron chi connectivity index (χ2n) is 6.90. The van der Waals surface area contributed by atoms with Gasteiger partial charge in [0.2, 0.25) is 10.0 Å². The smallest absolute Gasteiger partial charge is 0.349 e. The van der Waals surface area contributed by atoms with E-state index in [1.165, 1.54) is 0 Å². The summed E-state index contributed by atoms with van der Waals surface area (Å²) >= 11 is 7.23. The zero-order chi connectivity index (χ0) is 24.2. The lowest BCUT2D eigenvalue weighted by atomic mass is 10.1. The fourth-order valence-corrected chi connectivity index (χ4v) is 4.88. The number of benzene rings is 2. The third-order valence-corrected chi connectivity index (χ3v) is 6.48. The van der Waals surface area contributed by atoms with Crippen molar-refractivity contribution in [3.8, 4) is 16.2 Å². The van der Waals surface area contributed by atoms with Crippen molar-refractivity contribution in [2.45, 2.75) is 6.54 Å². The molecule has 9 nitrogen and oxygen atoms in total. The van der Waals surface area contributed by atoms with Crippen molar-refractivity contribution in [1.29, 1.82) is 0 Å². The Hall–Kier alpha value is -3.28. The van der Waals surface area contributed by atoms with Crippen LogP contribution in [0.4, 0.5) is 11.4 Å². The molecule has 2 aromatic carbocycles. The van der Waals surface area contributed by atoms with Gasteiger partial charge in [-0.2, -0.15) is 0 Å². The number of hydrogen-bond acceptors (Lipinski definition) is 7. The Kier molecular flexibility index (Phi) is 7.46. The molecule has 0 unspecified atom stereocenters. The number of thiophene rings is 1. The molecule has 1 aromatic heterocycles. The first-order valence-corrected chi connectivity index (χ1v) is 12.4. The molecule has 0 fully saturated rings. The van der Waals surface area contributed by atoms with E-state index >= 15 is 0 Å². The van der Waals surface area contributed by atoms with Crippen LogP contribution in [0, 0.1) is 0 Å². The number of carbonyl (C=O) groups is 2. The maximum Gasteiger partial charge on any atom is 0.349 e. The van der Waals surface area contributed by atoms with Gasteiger partial charge in [-0.1, -0.05) is 35.9 Å². The molecule has 0 aliphatic rings. The molecule has 3 aromatic rings. The summed E-state index contributed by atoms with van der Waals surface area (Å²) in [7, 11) is -3.38. The topological polar surface area (TPSA) is 142 Å². The molecule has 3 rings (SSSR count). The summed E-state index contributed by atoms with van der Waals surface area (Å²) in [5.74, 6) is -2.71. The van der Waals surface area contributed by atoms with E-state index in [1.807, 2.05) is 12.1 Å². The van der Waals surface area contributed by atoms with Crippen molar-refractivity contribution in [2.24, 2.45) is 0 Å². The van der Waals surface area contributed by atoms with Crippen molar-refractivity contribution >= 4 is 56.3 Å². The van der Waals surface area contributed by atoms with Crippen molar-refractivity contribution in [1.82, 2.24) is 0 Å². The zero-order valence-corrected chi connectivity index (χ0v) is 19.6. The Bertz CT molecular complexity index is 1310.